The molecular weight excluding hydrogens is 465 g/mol. The molecule has 184 valence electrons. The number of hydrogen-bond donors (Lipinski definition) is 1. The third-order valence-corrected chi connectivity index (χ3v) is 8.14. The van der Waals surface area contributed by atoms with E-state index in [-0.39, 0.29) is 29.8 Å². The van der Waals surface area contributed by atoms with E-state index < -0.39 is 11.0 Å². The van der Waals surface area contributed by atoms with Gasteiger partial charge in [0.1, 0.15) is 0 Å². The molecule has 2 aromatic rings. The van der Waals surface area contributed by atoms with Crippen molar-refractivity contribution in [1.29, 1.82) is 0 Å². The number of carbonyl (C=O) groups is 1. The molecule has 1 aliphatic rings. The maximum Gasteiger partial charge on any atom is 0.229 e. The molecule has 0 aliphatic carbocycles. The van der Waals surface area contributed by atoms with Gasteiger partial charge in [-0.25, -0.2) is 0 Å². The Morgan fingerprint density at radius 1 is 1.18 bits per heavy atom. The molecule has 5 heteroatoms. The highest BCUT2D eigenvalue weighted by molar-refractivity contribution is 6.30. The Morgan fingerprint density at radius 3 is 2.35 bits per heavy atom. The molecule has 2 aromatic carbocycles. The molecule has 0 spiro atoms. The Balaban J connectivity index is 2.27. The van der Waals surface area contributed by atoms with Gasteiger partial charge in [0.15, 0.2) is 0 Å². The number of amides is 1. The maximum absolute atomic E-state index is 14.3. The van der Waals surface area contributed by atoms with Gasteiger partial charge in [0.25, 0.3) is 0 Å². The van der Waals surface area contributed by atoms with Gasteiger partial charge in [-0.15, -0.1) is 6.58 Å². The van der Waals surface area contributed by atoms with Crippen LogP contribution < -0.4 is 0 Å². The molecule has 1 aliphatic heterocycles. The van der Waals surface area contributed by atoms with Crippen LogP contribution in [0, 0.1) is 11.3 Å². The van der Waals surface area contributed by atoms with E-state index in [1.807, 2.05) is 76.2 Å². The molecule has 1 saturated heterocycles. The Labute approximate surface area is 214 Å². The van der Waals surface area contributed by atoms with Gasteiger partial charge in [0.05, 0.1) is 17.1 Å². The predicted molar refractivity (Wildman–Crippen MR) is 142 cm³/mol. The first-order chi connectivity index (χ1) is 15.9. The number of halogens is 2. The highest BCUT2D eigenvalue weighted by atomic mass is 35.5. The molecule has 5 atom stereocenters. The molecule has 0 radical (unpaired) electrons. The summed E-state index contributed by atoms with van der Waals surface area (Å²) in [6.07, 6.45) is 3.83. The van der Waals surface area contributed by atoms with Gasteiger partial charge in [-0.2, -0.15) is 0 Å². The summed E-state index contributed by atoms with van der Waals surface area (Å²) >= 11 is 12.7. The summed E-state index contributed by atoms with van der Waals surface area (Å²) in [5.74, 6) is -0.0125. The van der Waals surface area contributed by atoms with E-state index in [4.69, 9.17) is 23.2 Å². The van der Waals surface area contributed by atoms with Crippen molar-refractivity contribution in [2.24, 2.45) is 11.3 Å². The topological polar surface area (TPSA) is 40.5 Å². The van der Waals surface area contributed by atoms with Gasteiger partial charge >= 0.3 is 0 Å². The van der Waals surface area contributed by atoms with Crippen LogP contribution in [0.5, 0.6) is 0 Å². The number of likely N-dealkylation sites (tertiary alicyclic amines) is 1. The van der Waals surface area contributed by atoms with Gasteiger partial charge in [-0.3, -0.25) is 4.79 Å². The van der Waals surface area contributed by atoms with Crippen LogP contribution in [0.25, 0.3) is 0 Å². The Morgan fingerprint density at radius 2 is 1.82 bits per heavy atom. The summed E-state index contributed by atoms with van der Waals surface area (Å²) in [5.41, 5.74) is 0.587. The van der Waals surface area contributed by atoms with Crippen molar-refractivity contribution in [3.05, 3.63) is 82.4 Å². The van der Waals surface area contributed by atoms with Crippen molar-refractivity contribution in [2.45, 2.75) is 77.5 Å². The summed E-state index contributed by atoms with van der Waals surface area (Å²) in [7, 11) is 0. The molecule has 34 heavy (non-hydrogen) atoms. The molecule has 0 saturated carbocycles. The second-order valence-electron chi connectivity index (χ2n) is 10.5. The van der Waals surface area contributed by atoms with E-state index >= 15 is 0 Å². The number of benzene rings is 2. The van der Waals surface area contributed by atoms with Crippen LogP contribution in [-0.4, -0.2) is 27.6 Å². The minimum atomic E-state index is -0.941. The summed E-state index contributed by atoms with van der Waals surface area (Å²) < 4.78 is 0. The summed E-state index contributed by atoms with van der Waals surface area (Å²) in [5, 5.41) is 12.3. The van der Waals surface area contributed by atoms with Crippen molar-refractivity contribution in [1.82, 2.24) is 4.90 Å². The van der Waals surface area contributed by atoms with Gasteiger partial charge in [-0.05, 0) is 68.5 Å². The minimum Gasteiger partial charge on any atom is -0.390 e. The molecule has 1 N–H and O–H groups in total. The average molecular weight is 503 g/mol. The largest absolute Gasteiger partial charge is 0.390 e. The lowest BCUT2D eigenvalue weighted by molar-refractivity contribution is -0.159. The molecular formula is C29H37Cl2NO2. The van der Waals surface area contributed by atoms with Crippen molar-refractivity contribution >= 4 is 29.1 Å². The third-order valence-electron chi connectivity index (χ3n) is 7.65. The van der Waals surface area contributed by atoms with Crippen LogP contribution in [0.3, 0.4) is 0 Å². The molecule has 3 rings (SSSR count). The second kappa shape index (κ2) is 10.4. The fourth-order valence-corrected chi connectivity index (χ4v) is 5.84. The van der Waals surface area contributed by atoms with E-state index in [1.165, 1.54) is 0 Å². The van der Waals surface area contributed by atoms with Crippen LogP contribution in [0.4, 0.5) is 0 Å². The molecule has 1 amide bonds. The lowest BCUT2D eigenvalue weighted by Crippen LogP contribution is -2.59. The molecule has 1 fully saturated rings. The van der Waals surface area contributed by atoms with Crippen molar-refractivity contribution in [2.75, 3.05) is 0 Å². The highest BCUT2D eigenvalue weighted by Gasteiger charge is 2.52. The lowest BCUT2D eigenvalue weighted by Gasteiger charge is -2.54. The monoisotopic (exact) mass is 501 g/mol. The highest BCUT2D eigenvalue weighted by Crippen LogP contribution is 2.53. The zero-order valence-corrected chi connectivity index (χ0v) is 22.4. The van der Waals surface area contributed by atoms with E-state index in [0.717, 1.165) is 17.5 Å². The van der Waals surface area contributed by atoms with Crippen molar-refractivity contribution < 1.29 is 9.90 Å². The fourth-order valence-electron chi connectivity index (χ4n) is 5.51. The normalized spacial score (nSPS) is 25.2. The maximum atomic E-state index is 14.3. The van der Waals surface area contributed by atoms with Gasteiger partial charge in [0, 0.05) is 27.9 Å². The van der Waals surface area contributed by atoms with Crippen LogP contribution in [0.2, 0.25) is 10.0 Å². The fraction of sp³-hybridized carbons (Fsp3) is 0.483. The molecule has 1 heterocycles. The first-order valence-corrected chi connectivity index (χ1v) is 12.9. The van der Waals surface area contributed by atoms with E-state index in [9.17, 15) is 9.90 Å². The standard InChI is InChI=1S/C29H37Cl2NO2/c1-7-16-29(6)18-24(21-10-9-11-23(31)17-21)26(20-12-14-22(30)15-13-20)32(27(29)33)25(8-2)19(3)28(4,5)34/h7,9-15,17,19,24-26,34H,1,8,16,18H2,2-6H3/t19-,24?,25?,26?,29+/m1/s1. The van der Waals surface area contributed by atoms with E-state index in [0.29, 0.717) is 22.9 Å². The summed E-state index contributed by atoms with van der Waals surface area (Å²) in [6.45, 7) is 13.8. The number of aliphatic hydroxyl groups is 1. The van der Waals surface area contributed by atoms with Crippen molar-refractivity contribution in [3.63, 3.8) is 0 Å². The van der Waals surface area contributed by atoms with Crippen LogP contribution in [-0.2, 0) is 4.79 Å². The van der Waals surface area contributed by atoms with Gasteiger partial charge in [-0.1, -0.05) is 74.3 Å². The van der Waals surface area contributed by atoms with Crippen molar-refractivity contribution in [3.8, 4) is 0 Å². The Bertz CT molecular complexity index is 1010. The zero-order chi connectivity index (χ0) is 25.3. The second-order valence-corrected chi connectivity index (χ2v) is 11.4. The van der Waals surface area contributed by atoms with Crippen LogP contribution in [0.15, 0.2) is 61.2 Å². The SMILES string of the molecule is C=CC[C@@]1(C)CC(c2cccc(Cl)c2)C(c2ccc(Cl)cc2)N(C(CC)[C@@H](C)C(C)(C)O)C1=O. The van der Waals surface area contributed by atoms with Crippen LogP contribution in [0.1, 0.15) is 77.0 Å². The molecule has 0 aromatic heterocycles. The lowest BCUT2D eigenvalue weighted by atomic mass is 9.66. The first-order valence-electron chi connectivity index (χ1n) is 12.1. The third kappa shape index (κ3) is 5.37. The minimum absolute atomic E-state index is 0.0191. The number of carbonyl (C=O) groups excluding carboxylic acids is 1. The Kier molecular flexibility index (Phi) is 8.22. The zero-order valence-electron chi connectivity index (χ0n) is 20.9. The van der Waals surface area contributed by atoms with Gasteiger partial charge in [0.2, 0.25) is 5.91 Å². The predicted octanol–water partition coefficient (Wildman–Crippen LogP) is 7.82. The average Bonchev–Trinajstić information content (AvgIpc) is 2.77. The van der Waals surface area contributed by atoms with E-state index in [2.05, 4.69) is 24.5 Å². The number of piperidine rings is 1. The number of nitrogens with zero attached hydrogens (tertiary/aromatic N) is 1. The Hall–Kier alpha value is -1.81. The summed E-state index contributed by atoms with van der Waals surface area (Å²) in [4.78, 5) is 16.4. The summed E-state index contributed by atoms with van der Waals surface area (Å²) in [6, 6.07) is 15.4. The molecule has 0 bridgehead atoms. The first kappa shape index (κ1) is 26.8. The quantitative estimate of drug-likeness (QED) is 0.374. The smallest absolute Gasteiger partial charge is 0.229 e. The molecule has 3 unspecified atom stereocenters. The number of allylic oxidation sites excluding steroid dienone is 1. The van der Waals surface area contributed by atoms with Crippen LogP contribution >= 0.6 is 23.2 Å². The number of rotatable bonds is 8. The molecule has 3 nitrogen and oxygen atoms in total. The number of hydrogen-bond acceptors (Lipinski definition) is 2. The van der Waals surface area contributed by atoms with E-state index in [1.54, 1.807) is 0 Å². The van der Waals surface area contributed by atoms with Gasteiger partial charge < -0.3 is 10.0 Å².